The standard InChI is InChI=1S/C19H18ClN3O2/c1-13-5-11-16(12-6-13)21-17(24)3-2-4-18-22-19(23-25-18)14-7-9-15(20)10-8-14/h5-12H,2-4H2,1H3,(H,21,24). The van der Waals surface area contributed by atoms with Crippen molar-refractivity contribution in [1.82, 2.24) is 10.1 Å². The number of nitrogens with one attached hydrogen (secondary N) is 1. The number of amides is 1. The van der Waals surface area contributed by atoms with Crippen LogP contribution in [0.1, 0.15) is 24.3 Å². The Kier molecular flexibility index (Phi) is 5.46. The van der Waals surface area contributed by atoms with E-state index < -0.39 is 0 Å². The lowest BCUT2D eigenvalue weighted by Crippen LogP contribution is -2.11. The molecule has 0 saturated carbocycles. The average Bonchev–Trinajstić information content (AvgIpc) is 3.06. The summed E-state index contributed by atoms with van der Waals surface area (Å²) in [7, 11) is 0. The summed E-state index contributed by atoms with van der Waals surface area (Å²) in [6.45, 7) is 2.01. The van der Waals surface area contributed by atoms with Gasteiger partial charge >= 0.3 is 0 Å². The van der Waals surface area contributed by atoms with E-state index in [4.69, 9.17) is 16.1 Å². The van der Waals surface area contributed by atoms with E-state index in [2.05, 4.69) is 15.5 Å². The van der Waals surface area contributed by atoms with Gasteiger partial charge in [0.2, 0.25) is 17.6 Å². The summed E-state index contributed by atoms with van der Waals surface area (Å²) in [5.41, 5.74) is 2.81. The van der Waals surface area contributed by atoms with E-state index in [9.17, 15) is 4.79 Å². The van der Waals surface area contributed by atoms with E-state index in [0.29, 0.717) is 36.0 Å². The number of carbonyl (C=O) groups is 1. The Morgan fingerprint density at radius 1 is 1.12 bits per heavy atom. The molecule has 0 aliphatic rings. The predicted octanol–water partition coefficient (Wildman–Crippen LogP) is 4.66. The number of hydrogen-bond acceptors (Lipinski definition) is 4. The zero-order valence-electron chi connectivity index (χ0n) is 13.8. The summed E-state index contributed by atoms with van der Waals surface area (Å²) < 4.78 is 5.24. The Hall–Kier alpha value is -2.66. The van der Waals surface area contributed by atoms with E-state index >= 15 is 0 Å². The third kappa shape index (κ3) is 4.90. The molecule has 1 aromatic heterocycles. The largest absolute Gasteiger partial charge is 0.339 e. The number of aryl methyl sites for hydroxylation is 2. The molecule has 0 atom stereocenters. The lowest BCUT2D eigenvalue weighted by Gasteiger charge is -2.04. The first kappa shape index (κ1) is 17.2. The first-order valence-corrected chi connectivity index (χ1v) is 8.43. The molecule has 2 aromatic carbocycles. The van der Waals surface area contributed by atoms with Crippen molar-refractivity contribution in [1.29, 1.82) is 0 Å². The molecule has 3 rings (SSSR count). The molecule has 0 unspecified atom stereocenters. The molecule has 0 bridgehead atoms. The van der Waals surface area contributed by atoms with Gasteiger partial charge in [-0.2, -0.15) is 4.98 Å². The maximum atomic E-state index is 12.0. The van der Waals surface area contributed by atoms with Crippen molar-refractivity contribution in [2.24, 2.45) is 0 Å². The van der Waals surface area contributed by atoms with Gasteiger partial charge < -0.3 is 9.84 Å². The molecule has 0 aliphatic carbocycles. The number of aromatic nitrogens is 2. The van der Waals surface area contributed by atoms with Gasteiger partial charge in [0.25, 0.3) is 0 Å². The minimum atomic E-state index is -0.0266. The van der Waals surface area contributed by atoms with Gasteiger partial charge in [-0.15, -0.1) is 0 Å². The molecule has 0 aliphatic heterocycles. The van der Waals surface area contributed by atoms with Crippen LogP contribution in [0.5, 0.6) is 0 Å². The summed E-state index contributed by atoms with van der Waals surface area (Å²) in [6, 6.07) is 15.0. The van der Waals surface area contributed by atoms with Crippen molar-refractivity contribution in [2.75, 3.05) is 5.32 Å². The van der Waals surface area contributed by atoms with Crippen LogP contribution in [-0.2, 0) is 11.2 Å². The number of halogens is 1. The van der Waals surface area contributed by atoms with Crippen molar-refractivity contribution in [3.8, 4) is 11.4 Å². The summed E-state index contributed by atoms with van der Waals surface area (Å²) >= 11 is 5.87. The molecule has 5 nitrogen and oxygen atoms in total. The lowest BCUT2D eigenvalue weighted by atomic mass is 10.2. The summed E-state index contributed by atoms with van der Waals surface area (Å²) in [5, 5.41) is 7.49. The molecule has 0 saturated heterocycles. The molecule has 0 radical (unpaired) electrons. The van der Waals surface area contributed by atoms with Crippen LogP contribution in [0.3, 0.4) is 0 Å². The zero-order chi connectivity index (χ0) is 17.6. The van der Waals surface area contributed by atoms with Crippen LogP contribution in [0, 0.1) is 6.92 Å². The third-order valence-electron chi connectivity index (χ3n) is 3.70. The summed E-state index contributed by atoms with van der Waals surface area (Å²) in [5.74, 6) is 1.02. The quantitative estimate of drug-likeness (QED) is 0.698. The van der Waals surface area contributed by atoms with E-state index in [0.717, 1.165) is 16.8 Å². The van der Waals surface area contributed by atoms with Gasteiger partial charge in [0, 0.05) is 29.1 Å². The highest BCUT2D eigenvalue weighted by Gasteiger charge is 2.10. The molecule has 1 amide bonds. The third-order valence-corrected chi connectivity index (χ3v) is 3.95. The zero-order valence-corrected chi connectivity index (χ0v) is 14.6. The van der Waals surface area contributed by atoms with Gasteiger partial charge in [-0.25, -0.2) is 0 Å². The van der Waals surface area contributed by atoms with Crippen LogP contribution in [0.15, 0.2) is 53.1 Å². The second kappa shape index (κ2) is 7.94. The maximum absolute atomic E-state index is 12.0. The van der Waals surface area contributed by atoms with E-state index in [1.165, 1.54) is 0 Å². The molecule has 0 fully saturated rings. The fourth-order valence-electron chi connectivity index (χ4n) is 2.33. The Morgan fingerprint density at radius 3 is 2.56 bits per heavy atom. The van der Waals surface area contributed by atoms with Crippen LogP contribution in [-0.4, -0.2) is 16.0 Å². The Bertz CT molecular complexity index is 842. The van der Waals surface area contributed by atoms with Crippen molar-refractivity contribution in [3.63, 3.8) is 0 Å². The molecule has 6 heteroatoms. The second-order valence-electron chi connectivity index (χ2n) is 5.79. The molecular weight excluding hydrogens is 338 g/mol. The number of carbonyl (C=O) groups excluding carboxylic acids is 1. The van der Waals surface area contributed by atoms with E-state index in [1.807, 2.05) is 43.3 Å². The van der Waals surface area contributed by atoms with Crippen molar-refractivity contribution in [2.45, 2.75) is 26.2 Å². The highest BCUT2D eigenvalue weighted by atomic mass is 35.5. The van der Waals surface area contributed by atoms with Gasteiger partial charge in [-0.05, 0) is 49.7 Å². The number of rotatable bonds is 6. The number of benzene rings is 2. The molecular formula is C19H18ClN3O2. The topological polar surface area (TPSA) is 68.0 Å². The maximum Gasteiger partial charge on any atom is 0.226 e. The molecule has 1 heterocycles. The van der Waals surface area contributed by atoms with Crippen LogP contribution in [0.2, 0.25) is 5.02 Å². The van der Waals surface area contributed by atoms with Gasteiger partial charge in [-0.3, -0.25) is 4.79 Å². The van der Waals surface area contributed by atoms with Crippen LogP contribution >= 0.6 is 11.6 Å². The first-order valence-electron chi connectivity index (χ1n) is 8.05. The van der Waals surface area contributed by atoms with Gasteiger partial charge in [0.15, 0.2) is 0 Å². The van der Waals surface area contributed by atoms with E-state index in [1.54, 1.807) is 12.1 Å². The highest BCUT2D eigenvalue weighted by molar-refractivity contribution is 6.30. The molecule has 25 heavy (non-hydrogen) atoms. The number of anilines is 1. The summed E-state index contributed by atoms with van der Waals surface area (Å²) in [4.78, 5) is 16.3. The molecule has 0 spiro atoms. The summed E-state index contributed by atoms with van der Waals surface area (Å²) in [6.07, 6.45) is 1.59. The van der Waals surface area contributed by atoms with Gasteiger partial charge in [0.05, 0.1) is 0 Å². The Labute approximate surface area is 151 Å². The average molecular weight is 356 g/mol. The second-order valence-corrected chi connectivity index (χ2v) is 6.22. The molecule has 1 N–H and O–H groups in total. The fourth-order valence-corrected chi connectivity index (χ4v) is 2.46. The lowest BCUT2D eigenvalue weighted by molar-refractivity contribution is -0.116. The predicted molar refractivity (Wildman–Crippen MR) is 97.5 cm³/mol. The highest BCUT2D eigenvalue weighted by Crippen LogP contribution is 2.19. The minimum Gasteiger partial charge on any atom is -0.339 e. The Morgan fingerprint density at radius 2 is 1.84 bits per heavy atom. The molecule has 3 aromatic rings. The van der Waals surface area contributed by atoms with Crippen molar-refractivity contribution in [3.05, 3.63) is 65.0 Å². The van der Waals surface area contributed by atoms with Crippen LogP contribution in [0.4, 0.5) is 5.69 Å². The van der Waals surface area contributed by atoms with Crippen LogP contribution in [0.25, 0.3) is 11.4 Å². The first-order chi connectivity index (χ1) is 12.1. The normalized spacial score (nSPS) is 10.6. The number of hydrogen-bond donors (Lipinski definition) is 1. The smallest absolute Gasteiger partial charge is 0.226 e. The Balaban J connectivity index is 1.48. The molecule has 128 valence electrons. The van der Waals surface area contributed by atoms with Crippen molar-refractivity contribution < 1.29 is 9.32 Å². The van der Waals surface area contributed by atoms with E-state index in [-0.39, 0.29) is 5.91 Å². The van der Waals surface area contributed by atoms with Gasteiger partial charge in [0.1, 0.15) is 0 Å². The number of nitrogens with zero attached hydrogens (tertiary/aromatic N) is 2. The monoisotopic (exact) mass is 355 g/mol. The minimum absolute atomic E-state index is 0.0266. The van der Waals surface area contributed by atoms with Crippen LogP contribution < -0.4 is 5.32 Å². The van der Waals surface area contributed by atoms with Gasteiger partial charge in [-0.1, -0.05) is 34.5 Å². The fraction of sp³-hybridized carbons (Fsp3) is 0.211. The van der Waals surface area contributed by atoms with Crippen molar-refractivity contribution >= 4 is 23.2 Å². The SMILES string of the molecule is Cc1ccc(NC(=O)CCCc2nc(-c3ccc(Cl)cc3)no2)cc1.